The molecular formula is C25H41NO11. The molecule has 3 aliphatic rings. The van der Waals surface area contributed by atoms with Gasteiger partial charge in [-0.25, -0.2) is 0 Å². The Morgan fingerprint density at radius 2 is 0.892 bits per heavy atom. The van der Waals surface area contributed by atoms with Crippen molar-refractivity contribution in [3.05, 3.63) is 12.2 Å². The van der Waals surface area contributed by atoms with Crippen LogP contribution in [0.15, 0.2) is 12.2 Å². The van der Waals surface area contributed by atoms with Crippen molar-refractivity contribution < 1.29 is 52.2 Å². The minimum Gasteiger partial charge on any atom is -0.382 e. The highest BCUT2D eigenvalue weighted by atomic mass is 16.6. The second kappa shape index (κ2) is 17.9. The van der Waals surface area contributed by atoms with Crippen LogP contribution in [-0.2, 0) is 52.2 Å². The van der Waals surface area contributed by atoms with Crippen LogP contribution in [0.2, 0.25) is 0 Å². The normalized spacial score (nSPS) is 24.1. The minimum atomic E-state index is -0.363. The van der Waals surface area contributed by atoms with Gasteiger partial charge in [0.15, 0.2) is 0 Å². The summed E-state index contributed by atoms with van der Waals surface area (Å²) >= 11 is 0. The number of hydrogen-bond donors (Lipinski definition) is 0. The smallest absolute Gasteiger partial charge is 0.236 e. The highest BCUT2D eigenvalue weighted by molar-refractivity contribution is 6.06. The SMILES string of the molecule is COCCOCCOCCOCCOCCOCCOCCOCCN1C(=O)C2C3C=CC(O3)C2C1=O. The average molecular weight is 532 g/mol. The lowest BCUT2D eigenvalue weighted by atomic mass is 9.85. The molecule has 12 heteroatoms. The molecule has 0 aromatic heterocycles. The molecule has 4 atom stereocenters. The summed E-state index contributed by atoms with van der Waals surface area (Å²) < 4.78 is 48.5. The van der Waals surface area contributed by atoms with E-state index in [1.54, 1.807) is 7.11 Å². The Morgan fingerprint density at radius 3 is 1.24 bits per heavy atom. The zero-order valence-electron chi connectivity index (χ0n) is 21.7. The molecule has 3 heterocycles. The molecule has 0 aliphatic carbocycles. The van der Waals surface area contributed by atoms with Crippen LogP contribution in [0.3, 0.4) is 0 Å². The lowest BCUT2D eigenvalue weighted by Crippen LogP contribution is -2.37. The lowest BCUT2D eigenvalue weighted by Gasteiger charge is -2.17. The third-order valence-electron chi connectivity index (χ3n) is 6.12. The maximum Gasteiger partial charge on any atom is 0.236 e. The van der Waals surface area contributed by atoms with Gasteiger partial charge in [0, 0.05) is 7.11 Å². The zero-order valence-corrected chi connectivity index (χ0v) is 21.7. The van der Waals surface area contributed by atoms with Gasteiger partial charge in [0.25, 0.3) is 0 Å². The lowest BCUT2D eigenvalue weighted by molar-refractivity contribution is -0.143. The first kappa shape index (κ1) is 30.1. The molecule has 0 aromatic carbocycles. The number of fused-ring (bicyclic) bond motifs is 5. The van der Waals surface area contributed by atoms with E-state index in [1.165, 1.54) is 4.90 Å². The molecule has 0 aromatic rings. The summed E-state index contributed by atoms with van der Waals surface area (Å²) in [5.74, 6) is -1.03. The van der Waals surface area contributed by atoms with Gasteiger partial charge in [-0.3, -0.25) is 14.5 Å². The summed E-state index contributed by atoms with van der Waals surface area (Å²) in [7, 11) is 1.64. The van der Waals surface area contributed by atoms with Crippen LogP contribution in [0, 0.1) is 11.8 Å². The topological polar surface area (TPSA) is 120 Å². The Hall–Kier alpha value is -1.48. The van der Waals surface area contributed by atoms with E-state index in [9.17, 15) is 9.59 Å². The number of carbonyl (C=O) groups excluding carboxylic acids is 2. The largest absolute Gasteiger partial charge is 0.382 e. The van der Waals surface area contributed by atoms with Gasteiger partial charge in [-0.05, 0) is 0 Å². The molecular weight excluding hydrogens is 490 g/mol. The number of amides is 2. The van der Waals surface area contributed by atoms with E-state index in [4.69, 9.17) is 42.6 Å². The summed E-state index contributed by atoms with van der Waals surface area (Å²) in [6, 6.07) is 0. The Kier molecular flexibility index (Phi) is 14.6. The highest BCUT2D eigenvalue weighted by Gasteiger charge is 2.60. The third-order valence-corrected chi connectivity index (χ3v) is 6.12. The molecule has 0 spiro atoms. The van der Waals surface area contributed by atoms with Crippen LogP contribution in [0.4, 0.5) is 0 Å². The standard InChI is InChI=1S/C25H41NO11/c1-29-6-7-31-10-11-33-14-15-35-18-19-36-17-16-34-13-12-32-9-8-30-5-4-26-24(27)22-20-2-3-21(37-20)23(22)25(26)28/h2-3,20-23H,4-19H2,1H3. The van der Waals surface area contributed by atoms with E-state index in [0.29, 0.717) is 99.1 Å². The van der Waals surface area contributed by atoms with Crippen molar-refractivity contribution in [3.63, 3.8) is 0 Å². The van der Waals surface area contributed by atoms with E-state index >= 15 is 0 Å². The molecule has 0 N–H and O–H groups in total. The van der Waals surface area contributed by atoms with E-state index < -0.39 is 0 Å². The monoisotopic (exact) mass is 531 g/mol. The first-order chi connectivity index (χ1) is 18.2. The van der Waals surface area contributed by atoms with Crippen molar-refractivity contribution in [2.75, 3.05) is 113 Å². The Balaban J connectivity index is 1.00. The minimum absolute atomic E-state index is 0.151. The van der Waals surface area contributed by atoms with E-state index in [-0.39, 0.29) is 42.4 Å². The summed E-state index contributed by atoms with van der Waals surface area (Å²) in [6.07, 6.45) is 3.25. The molecule has 0 radical (unpaired) electrons. The van der Waals surface area contributed by atoms with Crippen LogP contribution in [0.1, 0.15) is 0 Å². The van der Waals surface area contributed by atoms with Gasteiger partial charge in [-0.15, -0.1) is 0 Å². The fraction of sp³-hybridized carbons (Fsp3) is 0.840. The van der Waals surface area contributed by atoms with Gasteiger partial charge in [0.2, 0.25) is 11.8 Å². The van der Waals surface area contributed by atoms with E-state index in [0.717, 1.165) is 0 Å². The van der Waals surface area contributed by atoms with Crippen molar-refractivity contribution in [2.24, 2.45) is 11.8 Å². The second-order valence-electron chi connectivity index (χ2n) is 8.61. The number of methoxy groups -OCH3 is 1. The van der Waals surface area contributed by atoms with Gasteiger partial charge in [0.1, 0.15) is 0 Å². The molecule has 0 saturated carbocycles. The number of likely N-dealkylation sites (tertiary alicyclic amines) is 1. The summed E-state index contributed by atoms with van der Waals surface area (Å²) in [5, 5.41) is 0. The average Bonchev–Trinajstić information content (AvgIpc) is 3.59. The van der Waals surface area contributed by atoms with Crippen molar-refractivity contribution >= 4 is 11.8 Å². The maximum atomic E-state index is 12.5. The van der Waals surface area contributed by atoms with Crippen molar-refractivity contribution in [2.45, 2.75) is 12.2 Å². The number of carbonyl (C=O) groups is 2. The van der Waals surface area contributed by atoms with Crippen LogP contribution < -0.4 is 0 Å². The predicted octanol–water partition coefficient (Wildman–Crippen LogP) is -0.313. The fourth-order valence-corrected chi connectivity index (χ4v) is 4.31. The Morgan fingerprint density at radius 1 is 0.568 bits per heavy atom. The zero-order chi connectivity index (χ0) is 26.1. The molecule has 212 valence electrons. The van der Waals surface area contributed by atoms with Crippen LogP contribution in [0.25, 0.3) is 0 Å². The van der Waals surface area contributed by atoms with Crippen LogP contribution in [-0.4, -0.2) is 142 Å². The molecule has 2 bridgehead atoms. The first-order valence-corrected chi connectivity index (χ1v) is 13.0. The van der Waals surface area contributed by atoms with Crippen molar-refractivity contribution in [1.29, 1.82) is 0 Å². The molecule has 2 amide bonds. The highest BCUT2D eigenvalue weighted by Crippen LogP contribution is 2.44. The first-order valence-electron chi connectivity index (χ1n) is 13.0. The van der Waals surface area contributed by atoms with Crippen molar-refractivity contribution in [1.82, 2.24) is 4.90 Å². The number of ether oxygens (including phenoxy) is 9. The van der Waals surface area contributed by atoms with Gasteiger partial charge in [-0.1, -0.05) is 12.2 Å². The number of nitrogens with zero attached hydrogens (tertiary/aromatic N) is 1. The number of imide groups is 1. The Bertz CT molecular complexity index is 662. The van der Waals surface area contributed by atoms with Gasteiger partial charge in [0.05, 0.1) is 130 Å². The number of rotatable bonds is 24. The maximum absolute atomic E-state index is 12.5. The Labute approximate surface area is 218 Å². The number of hydrogen-bond acceptors (Lipinski definition) is 11. The molecule has 2 fully saturated rings. The van der Waals surface area contributed by atoms with E-state index in [1.807, 2.05) is 12.2 Å². The third kappa shape index (κ3) is 9.97. The van der Waals surface area contributed by atoms with Gasteiger partial charge in [-0.2, -0.15) is 0 Å². The molecule has 12 nitrogen and oxygen atoms in total. The summed E-state index contributed by atoms with van der Waals surface area (Å²) in [5.41, 5.74) is 0. The molecule has 2 saturated heterocycles. The molecule has 3 aliphatic heterocycles. The van der Waals surface area contributed by atoms with E-state index in [2.05, 4.69) is 0 Å². The van der Waals surface area contributed by atoms with Crippen LogP contribution >= 0.6 is 0 Å². The quantitative estimate of drug-likeness (QED) is 0.0926. The second-order valence-corrected chi connectivity index (χ2v) is 8.61. The molecule has 37 heavy (non-hydrogen) atoms. The summed E-state index contributed by atoms with van der Waals surface area (Å²) in [6.45, 7) is 7.52. The fourth-order valence-electron chi connectivity index (χ4n) is 4.31. The predicted molar refractivity (Wildman–Crippen MR) is 129 cm³/mol. The molecule has 3 rings (SSSR count). The van der Waals surface area contributed by atoms with Gasteiger partial charge < -0.3 is 42.6 Å². The van der Waals surface area contributed by atoms with Crippen LogP contribution in [0.5, 0.6) is 0 Å². The summed E-state index contributed by atoms with van der Waals surface area (Å²) in [4.78, 5) is 26.3. The van der Waals surface area contributed by atoms with Crippen molar-refractivity contribution in [3.8, 4) is 0 Å². The molecule has 4 unspecified atom stereocenters. The van der Waals surface area contributed by atoms with Gasteiger partial charge >= 0.3 is 0 Å².